The van der Waals surface area contributed by atoms with Crippen molar-refractivity contribution in [2.24, 2.45) is 0 Å². The van der Waals surface area contributed by atoms with Gasteiger partial charge in [0.05, 0.1) is 5.56 Å². The summed E-state index contributed by atoms with van der Waals surface area (Å²) < 4.78 is 0. The fraction of sp³-hybridized carbons (Fsp3) is 0.267. The minimum Gasteiger partial charge on any atom is -0.368 e. The number of rotatable bonds is 3. The number of hydrogen-bond donors (Lipinski definition) is 0. The van der Waals surface area contributed by atoms with Crippen molar-refractivity contribution < 1.29 is 4.79 Å². The second kappa shape index (κ2) is 5.69. The second-order valence-corrected chi connectivity index (χ2v) is 4.74. The van der Waals surface area contributed by atoms with Gasteiger partial charge in [0.1, 0.15) is 0 Å². The van der Waals surface area contributed by atoms with Crippen molar-refractivity contribution in [3.63, 3.8) is 0 Å². The predicted molar refractivity (Wildman–Crippen MR) is 78.3 cm³/mol. The van der Waals surface area contributed by atoms with E-state index >= 15 is 0 Å². The average Bonchev–Trinajstić information content (AvgIpc) is 2.56. The molecule has 102 valence electrons. The first kappa shape index (κ1) is 12.6. The number of aromatic nitrogens is 2. The van der Waals surface area contributed by atoms with Gasteiger partial charge in [-0.15, -0.1) is 0 Å². The van der Waals surface area contributed by atoms with Gasteiger partial charge >= 0.3 is 0 Å². The fourth-order valence-electron chi connectivity index (χ4n) is 2.36. The highest BCUT2D eigenvalue weighted by Crippen LogP contribution is 2.17. The van der Waals surface area contributed by atoms with Crippen molar-refractivity contribution in [3.8, 4) is 0 Å². The van der Waals surface area contributed by atoms with Crippen LogP contribution in [0.2, 0.25) is 0 Å². The van der Waals surface area contributed by atoms with Crippen LogP contribution in [0.4, 0.5) is 11.6 Å². The minimum atomic E-state index is 0.511. The summed E-state index contributed by atoms with van der Waals surface area (Å²) in [4.78, 5) is 23.6. The van der Waals surface area contributed by atoms with Crippen LogP contribution in [0.15, 0.2) is 42.7 Å². The van der Waals surface area contributed by atoms with Gasteiger partial charge < -0.3 is 9.80 Å². The third-order valence-electron chi connectivity index (χ3n) is 3.48. The van der Waals surface area contributed by atoms with Crippen LogP contribution in [-0.2, 0) is 0 Å². The molecule has 1 aliphatic heterocycles. The maximum Gasteiger partial charge on any atom is 0.225 e. The highest BCUT2D eigenvalue weighted by Gasteiger charge is 2.18. The first-order valence-corrected chi connectivity index (χ1v) is 6.69. The van der Waals surface area contributed by atoms with E-state index in [-0.39, 0.29) is 0 Å². The van der Waals surface area contributed by atoms with Crippen LogP contribution < -0.4 is 9.80 Å². The molecule has 1 fully saturated rings. The van der Waals surface area contributed by atoms with Gasteiger partial charge in [-0.1, -0.05) is 18.2 Å². The molecule has 2 aromatic rings. The number of benzene rings is 1. The van der Waals surface area contributed by atoms with Crippen LogP contribution >= 0.6 is 0 Å². The molecule has 0 saturated carbocycles. The molecular formula is C15H16N4O. The van der Waals surface area contributed by atoms with Crippen LogP contribution in [0, 0.1) is 0 Å². The average molecular weight is 268 g/mol. The summed E-state index contributed by atoms with van der Waals surface area (Å²) in [7, 11) is 0. The molecular weight excluding hydrogens is 252 g/mol. The highest BCUT2D eigenvalue weighted by atomic mass is 16.1. The van der Waals surface area contributed by atoms with E-state index in [0.29, 0.717) is 11.5 Å². The summed E-state index contributed by atoms with van der Waals surface area (Å²) in [6.45, 7) is 3.66. The van der Waals surface area contributed by atoms with Crippen LogP contribution in [0.3, 0.4) is 0 Å². The molecule has 0 N–H and O–H groups in total. The summed E-state index contributed by atoms with van der Waals surface area (Å²) in [6.07, 6.45) is 3.90. The number of carbonyl (C=O) groups is 1. The maximum atomic E-state index is 10.6. The number of nitrogens with zero attached hydrogens (tertiary/aromatic N) is 4. The Morgan fingerprint density at radius 3 is 2.10 bits per heavy atom. The van der Waals surface area contributed by atoms with Gasteiger partial charge in [0, 0.05) is 44.3 Å². The van der Waals surface area contributed by atoms with E-state index in [1.807, 2.05) is 6.07 Å². The van der Waals surface area contributed by atoms with Crippen molar-refractivity contribution in [2.75, 3.05) is 36.0 Å². The van der Waals surface area contributed by atoms with Gasteiger partial charge in [-0.25, -0.2) is 9.97 Å². The SMILES string of the molecule is O=Cc1cnc(N2CCN(c3ccccc3)CC2)nc1. The number of para-hydroxylation sites is 1. The number of anilines is 2. The molecule has 1 aromatic carbocycles. The topological polar surface area (TPSA) is 49.3 Å². The number of aldehydes is 1. The highest BCUT2D eigenvalue weighted by molar-refractivity contribution is 5.73. The van der Waals surface area contributed by atoms with Gasteiger partial charge in [-0.2, -0.15) is 0 Å². The largest absolute Gasteiger partial charge is 0.368 e. The molecule has 0 unspecified atom stereocenters. The van der Waals surface area contributed by atoms with Crippen molar-refractivity contribution >= 4 is 17.9 Å². The number of hydrogen-bond acceptors (Lipinski definition) is 5. The lowest BCUT2D eigenvalue weighted by molar-refractivity contribution is 0.112. The lowest BCUT2D eigenvalue weighted by atomic mass is 10.2. The van der Waals surface area contributed by atoms with E-state index in [0.717, 1.165) is 32.5 Å². The molecule has 0 radical (unpaired) electrons. The summed E-state index contributed by atoms with van der Waals surface area (Å²) in [5.41, 5.74) is 1.76. The van der Waals surface area contributed by atoms with Crippen LogP contribution in [0.5, 0.6) is 0 Å². The minimum absolute atomic E-state index is 0.511. The van der Waals surface area contributed by atoms with E-state index in [1.54, 1.807) is 12.4 Å². The van der Waals surface area contributed by atoms with E-state index in [2.05, 4.69) is 44.0 Å². The van der Waals surface area contributed by atoms with E-state index in [1.165, 1.54) is 5.69 Å². The van der Waals surface area contributed by atoms with Crippen LogP contribution in [-0.4, -0.2) is 42.4 Å². The molecule has 0 amide bonds. The molecule has 5 heteroatoms. The van der Waals surface area contributed by atoms with Gasteiger partial charge in [0.15, 0.2) is 6.29 Å². The molecule has 0 spiro atoms. The van der Waals surface area contributed by atoms with E-state index in [4.69, 9.17) is 0 Å². The van der Waals surface area contributed by atoms with Crippen LogP contribution in [0.1, 0.15) is 10.4 Å². The molecule has 0 bridgehead atoms. The monoisotopic (exact) mass is 268 g/mol. The Hall–Kier alpha value is -2.43. The van der Waals surface area contributed by atoms with E-state index < -0.39 is 0 Å². The van der Waals surface area contributed by atoms with Crippen molar-refractivity contribution in [1.29, 1.82) is 0 Å². The van der Waals surface area contributed by atoms with Gasteiger partial charge in [-0.3, -0.25) is 4.79 Å². The Morgan fingerprint density at radius 1 is 0.900 bits per heavy atom. The lowest BCUT2D eigenvalue weighted by Crippen LogP contribution is -2.47. The standard InChI is InChI=1S/C15H16N4O/c20-12-13-10-16-15(17-11-13)19-8-6-18(7-9-19)14-4-2-1-3-5-14/h1-5,10-12H,6-9H2. The Balaban J connectivity index is 1.64. The zero-order valence-corrected chi connectivity index (χ0v) is 11.1. The quantitative estimate of drug-likeness (QED) is 0.792. The summed E-state index contributed by atoms with van der Waals surface area (Å²) >= 11 is 0. The molecule has 1 aliphatic rings. The summed E-state index contributed by atoms with van der Waals surface area (Å²) in [5.74, 6) is 0.698. The predicted octanol–water partition coefficient (Wildman–Crippen LogP) is 1.62. The Labute approximate surface area is 117 Å². The zero-order valence-electron chi connectivity index (χ0n) is 11.1. The first-order chi connectivity index (χ1) is 9.86. The number of carbonyl (C=O) groups excluding carboxylic acids is 1. The first-order valence-electron chi connectivity index (χ1n) is 6.69. The zero-order chi connectivity index (χ0) is 13.8. The van der Waals surface area contributed by atoms with Crippen molar-refractivity contribution in [1.82, 2.24) is 9.97 Å². The smallest absolute Gasteiger partial charge is 0.225 e. The molecule has 1 saturated heterocycles. The number of piperazine rings is 1. The maximum absolute atomic E-state index is 10.6. The Kier molecular flexibility index (Phi) is 3.58. The Morgan fingerprint density at radius 2 is 1.50 bits per heavy atom. The molecule has 2 heterocycles. The van der Waals surface area contributed by atoms with Crippen LogP contribution in [0.25, 0.3) is 0 Å². The van der Waals surface area contributed by atoms with Gasteiger partial charge in [0.25, 0.3) is 0 Å². The fourth-order valence-corrected chi connectivity index (χ4v) is 2.36. The second-order valence-electron chi connectivity index (χ2n) is 4.74. The van der Waals surface area contributed by atoms with Gasteiger partial charge in [0.2, 0.25) is 5.95 Å². The molecule has 5 nitrogen and oxygen atoms in total. The molecule has 20 heavy (non-hydrogen) atoms. The molecule has 0 aliphatic carbocycles. The van der Waals surface area contributed by atoms with Crippen molar-refractivity contribution in [3.05, 3.63) is 48.3 Å². The van der Waals surface area contributed by atoms with Crippen molar-refractivity contribution in [2.45, 2.75) is 0 Å². The molecule has 0 atom stereocenters. The van der Waals surface area contributed by atoms with E-state index in [9.17, 15) is 4.79 Å². The normalized spacial score (nSPS) is 15.2. The Bertz CT molecular complexity index is 562. The van der Waals surface area contributed by atoms with Gasteiger partial charge in [-0.05, 0) is 12.1 Å². The molecule has 3 rings (SSSR count). The third kappa shape index (κ3) is 2.61. The summed E-state index contributed by atoms with van der Waals surface area (Å²) in [5, 5.41) is 0. The summed E-state index contributed by atoms with van der Waals surface area (Å²) in [6, 6.07) is 10.4. The molecule has 1 aromatic heterocycles. The lowest BCUT2D eigenvalue weighted by Gasteiger charge is -2.36. The third-order valence-corrected chi connectivity index (χ3v) is 3.48.